The van der Waals surface area contributed by atoms with Gasteiger partial charge in [0.25, 0.3) is 5.91 Å². The molecule has 1 aromatic rings. The third-order valence-electron chi connectivity index (χ3n) is 7.39. The number of ether oxygens (including phenoxy) is 1. The number of carbonyl (C=O) groups excluding carboxylic acids is 3. The molecule has 0 aliphatic heterocycles. The van der Waals surface area contributed by atoms with Gasteiger partial charge in [0.2, 0.25) is 0 Å². The predicted molar refractivity (Wildman–Crippen MR) is 166 cm³/mol. The number of likely N-dealkylation sites (N-methyl/N-ethyl adjacent to an activating group) is 1. The van der Waals surface area contributed by atoms with E-state index in [0.29, 0.717) is 11.5 Å². The van der Waals surface area contributed by atoms with Crippen molar-refractivity contribution in [1.82, 2.24) is 19.8 Å². The normalized spacial score (nSPS) is 19.5. The molecule has 1 aliphatic carbocycles. The lowest BCUT2D eigenvalue weighted by Gasteiger charge is -2.31. The summed E-state index contributed by atoms with van der Waals surface area (Å²) in [6, 6.07) is 11.0. The summed E-state index contributed by atoms with van der Waals surface area (Å²) in [5.41, 5.74) is 0.128. The van der Waals surface area contributed by atoms with Gasteiger partial charge in [-0.25, -0.2) is 4.79 Å². The van der Waals surface area contributed by atoms with E-state index in [9.17, 15) is 14.4 Å². The number of alkyl carbamates (subject to hydrolysis) is 1. The van der Waals surface area contributed by atoms with Gasteiger partial charge in [-0.05, 0) is 96.7 Å². The van der Waals surface area contributed by atoms with Crippen molar-refractivity contribution in [3.05, 3.63) is 59.3 Å². The number of hydrogen-bond donors (Lipinski definition) is 2. The molecule has 41 heavy (non-hydrogen) atoms. The van der Waals surface area contributed by atoms with Crippen LogP contribution in [-0.4, -0.2) is 77.6 Å². The van der Waals surface area contributed by atoms with E-state index in [1.54, 1.807) is 51.8 Å². The van der Waals surface area contributed by atoms with E-state index in [0.717, 1.165) is 23.7 Å². The zero-order valence-corrected chi connectivity index (χ0v) is 27.2. The monoisotopic (exact) mass is 584 g/mol. The number of hydrogen-bond acceptors (Lipinski definition) is 7. The molecule has 0 radical (unpaired) electrons. The van der Waals surface area contributed by atoms with Gasteiger partial charge in [0.15, 0.2) is 5.78 Å². The van der Waals surface area contributed by atoms with Gasteiger partial charge in [0.1, 0.15) is 11.1 Å². The van der Waals surface area contributed by atoms with Gasteiger partial charge in [-0.15, -0.1) is 0 Å². The summed E-state index contributed by atoms with van der Waals surface area (Å²) in [6.07, 6.45) is 6.49. The van der Waals surface area contributed by atoms with Crippen molar-refractivity contribution >= 4 is 29.7 Å². The molecule has 2 amide bonds. The van der Waals surface area contributed by atoms with Crippen molar-refractivity contribution in [2.75, 3.05) is 33.4 Å². The highest BCUT2D eigenvalue weighted by Gasteiger charge is 2.37. The van der Waals surface area contributed by atoms with Crippen molar-refractivity contribution in [2.45, 2.75) is 78.5 Å². The Balaban J connectivity index is 2.24. The minimum absolute atomic E-state index is 0.0214. The number of ketones is 1. The third-order valence-corrected chi connectivity index (χ3v) is 8.23. The van der Waals surface area contributed by atoms with E-state index in [-0.39, 0.29) is 30.7 Å². The molecule has 0 aromatic heterocycles. The van der Waals surface area contributed by atoms with Crippen molar-refractivity contribution < 1.29 is 19.1 Å². The molecule has 8 nitrogen and oxygen atoms in total. The highest BCUT2D eigenvalue weighted by atomic mass is 32.2. The molecule has 226 valence electrons. The van der Waals surface area contributed by atoms with Gasteiger partial charge in [-0.3, -0.25) is 14.5 Å². The van der Waals surface area contributed by atoms with Gasteiger partial charge in [0.05, 0.1) is 6.54 Å². The summed E-state index contributed by atoms with van der Waals surface area (Å²) in [4.78, 5) is 42.1. The van der Waals surface area contributed by atoms with Crippen molar-refractivity contribution in [3.63, 3.8) is 0 Å². The maximum absolute atomic E-state index is 13.6. The molecule has 2 rings (SSSR count). The van der Waals surface area contributed by atoms with Crippen LogP contribution in [0, 0.1) is 24.0 Å². The Morgan fingerprint density at radius 2 is 1.88 bits per heavy atom. The number of nitrogens with zero attached hydrogens (tertiary/aromatic N) is 2. The maximum Gasteiger partial charge on any atom is 0.408 e. The van der Waals surface area contributed by atoms with Gasteiger partial charge in [-0.2, -0.15) is 0 Å². The first-order valence-corrected chi connectivity index (χ1v) is 15.3. The van der Waals surface area contributed by atoms with Gasteiger partial charge >= 0.3 is 6.09 Å². The molecule has 1 aromatic carbocycles. The Labute approximate surface area is 251 Å². The quantitative estimate of drug-likeness (QED) is 0.184. The number of carbonyl (C=O) groups is 3. The molecule has 1 aliphatic rings. The van der Waals surface area contributed by atoms with E-state index < -0.39 is 17.2 Å². The van der Waals surface area contributed by atoms with Crippen molar-refractivity contribution in [1.29, 1.82) is 0 Å². The zero-order valence-electron chi connectivity index (χ0n) is 26.4. The maximum atomic E-state index is 13.6. The standard InChI is InChI=1S/C32H48N4O4S/c1-22-16-27(22)21-35(8)23(2)17-26(18-24(3)36(9)41-10)29(38)33-20-28(37)32(7,19-25-14-12-11-13-15-25)34-30(39)40-31(4,5)6/h12,14-15,17-18,22-23,27H,16,19-21H2,1-10H3,(H,33,38)(H,34,39)/b24-18+,26-17+/t22?,23?,27?,32-/m1/s1. The molecule has 3 unspecified atom stereocenters. The Morgan fingerprint density at radius 1 is 1.22 bits per heavy atom. The summed E-state index contributed by atoms with van der Waals surface area (Å²) in [6.45, 7) is 13.9. The number of amides is 2. The van der Waals surface area contributed by atoms with Gasteiger partial charge < -0.3 is 19.7 Å². The molecule has 0 saturated heterocycles. The average Bonchev–Trinajstić information content (AvgIpc) is 3.58. The second kappa shape index (κ2) is 14.8. The van der Waals surface area contributed by atoms with Gasteiger partial charge in [0, 0.05) is 43.6 Å². The van der Waals surface area contributed by atoms with Crippen LogP contribution < -0.4 is 10.6 Å². The largest absolute Gasteiger partial charge is 0.444 e. The highest BCUT2D eigenvalue weighted by Crippen LogP contribution is 2.38. The highest BCUT2D eigenvalue weighted by molar-refractivity contribution is 7.96. The Bertz CT molecular complexity index is 1110. The first-order chi connectivity index (χ1) is 19.0. The first-order valence-electron chi connectivity index (χ1n) is 14.1. The molecule has 0 heterocycles. The third kappa shape index (κ3) is 11.4. The second-order valence-electron chi connectivity index (χ2n) is 12.3. The van der Waals surface area contributed by atoms with Crippen LogP contribution in [0.2, 0.25) is 0 Å². The van der Waals surface area contributed by atoms with Crippen LogP contribution in [0.25, 0.3) is 0 Å². The topological polar surface area (TPSA) is 91.0 Å². The lowest BCUT2D eigenvalue weighted by molar-refractivity contribution is -0.126. The van der Waals surface area contributed by atoms with Gasteiger partial charge in [-0.1, -0.05) is 37.1 Å². The fourth-order valence-electron chi connectivity index (χ4n) is 4.32. The Hall–Kier alpha value is -2.96. The van der Waals surface area contributed by atoms with Crippen LogP contribution in [0.3, 0.4) is 0 Å². The molecule has 9 heteroatoms. The number of rotatable bonds is 14. The van der Waals surface area contributed by atoms with Crippen molar-refractivity contribution in [2.24, 2.45) is 11.8 Å². The summed E-state index contributed by atoms with van der Waals surface area (Å²) < 4.78 is 7.41. The molecule has 0 spiro atoms. The van der Waals surface area contributed by atoms with Crippen LogP contribution in [-0.2, 0) is 20.7 Å². The molecule has 1 fully saturated rings. The van der Waals surface area contributed by atoms with Crippen LogP contribution in [0.1, 0.15) is 60.5 Å². The van der Waals surface area contributed by atoms with E-state index >= 15 is 0 Å². The summed E-state index contributed by atoms with van der Waals surface area (Å²) in [5, 5.41) is 5.56. The lowest BCUT2D eigenvalue weighted by Crippen LogP contribution is -2.57. The molecule has 2 N–H and O–H groups in total. The first kappa shape index (κ1) is 34.2. The number of Topliss-reactive ketones (excluding diaryl/α,β-unsaturated/α-hetero) is 1. The number of allylic oxidation sites excluding steroid dienone is 1. The predicted octanol–water partition coefficient (Wildman–Crippen LogP) is 4.81. The molecule has 0 bridgehead atoms. The fourth-order valence-corrected chi connectivity index (χ4v) is 4.66. The van der Waals surface area contributed by atoms with E-state index in [1.165, 1.54) is 6.42 Å². The van der Waals surface area contributed by atoms with E-state index in [1.807, 2.05) is 42.8 Å². The molecular weight excluding hydrogens is 536 g/mol. The minimum Gasteiger partial charge on any atom is -0.444 e. The van der Waals surface area contributed by atoms with Crippen LogP contribution in [0.4, 0.5) is 4.79 Å². The second-order valence-corrected chi connectivity index (χ2v) is 13.2. The zero-order chi connectivity index (χ0) is 31.0. The number of nitrogens with one attached hydrogen (secondary N) is 2. The Morgan fingerprint density at radius 3 is 2.41 bits per heavy atom. The molecular formula is C32H48N4O4S. The van der Waals surface area contributed by atoms with Crippen LogP contribution in [0.15, 0.2) is 41.6 Å². The minimum atomic E-state index is -1.33. The molecule has 4 atom stereocenters. The van der Waals surface area contributed by atoms with E-state index in [2.05, 4.69) is 48.6 Å². The van der Waals surface area contributed by atoms with Crippen LogP contribution >= 0.6 is 11.9 Å². The summed E-state index contributed by atoms with van der Waals surface area (Å²) in [5.74, 6) is 0.740. The summed E-state index contributed by atoms with van der Waals surface area (Å²) in [7, 11) is 4.01. The lowest BCUT2D eigenvalue weighted by atomic mass is 9.88. The molecule has 1 saturated carbocycles. The van der Waals surface area contributed by atoms with E-state index in [4.69, 9.17) is 4.74 Å². The Kier molecular flexibility index (Phi) is 12.3. The van der Waals surface area contributed by atoms with Crippen molar-refractivity contribution in [3.8, 4) is 0 Å². The average molecular weight is 585 g/mol. The van der Waals surface area contributed by atoms with Crippen LogP contribution in [0.5, 0.6) is 0 Å². The fraction of sp³-hybridized carbons (Fsp3) is 0.594. The SMILES string of the molecule is CSN(C)/C(C)=C/C(=C\C(C)N(C)CC1CC1C)C(=O)NCC(=O)[C@@](C)(Cc1cc#ccc1)NC(=O)OC(C)(C)C. The smallest absolute Gasteiger partial charge is 0.408 e. The summed E-state index contributed by atoms with van der Waals surface area (Å²) >= 11 is 1.55.